The van der Waals surface area contributed by atoms with Crippen LogP contribution in [-0.2, 0) is 10.0 Å². The molecule has 0 bridgehead atoms. The van der Waals surface area contributed by atoms with Crippen LogP contribution in [0.25, 0.3) is 10.1 Å². The van der Waals surface area contributed by atoms with Crippen LogP contribution in [0.15, 0.2) is 47.4 Å². The monoisotopic (exact) mass is 476 g/mol. The molecule has 10 heteroatoms. The third-order valence-electron chi connectivity index (χ3n) is 5.57. The Labute approximate surface area is 189 Å². The molecule has 3 aromatic rings. The van der Waals surface area contributed by atoms with Gasteiger partial charge in [0.05, 0.1) is 23.0 Å². The largest absolute Gasteiger partial charge is 0.490 e. The molecule has 168 valence electrons. The molecule has 1 aromatic heterocycles. The number of thiophene rings is 1. The Bertz CT molecular complexity index is 1280. The van der Waals surface area contributed by atoms with Crippen LogP contribution in [0.3, 0.4) is 0 Å². The Morgan fingerprint density at radius 3 is 2.47 bits per heavy atom. The van der Waals surface area contributed by atoms with Gasteiger partial charge < -0.3 is 14.4 Å². The van der Waals surface area contributed by atoms with Gasteiger partial charge in [0.25, 0.3) is 5.91 Å². The summed E-state index contributed by atoms with van der Waals surface area (Å²) in [5.41, 5.74) is 0. The fourth-order valence-electron chi connectivity index (χ4n) is 3.86. The number of halogens is 1. The van der Waals surface area contributed by atoms with Gasteiger partial charge in [-0.25, -0.2) is 12.8 Å². The molecule has 0 radical (unpaired) electrons. The minimum atomic E-state index is -3.73. The molecule has 2 aliphatic heterocycles. The Balaban J connectivity index is 1.29. The van der Waals surface area contributed by atoms with E-state index >= 15 is 0 Å². The van der Waals surface area contributed by atoms with Gasteiger partial charge in [0.2, 0.25) is 10.0 Å². The van der Waals surface area contributed by atoms with Crippen molar-refractivity contribution in [2.24, 2.45) is 0 Å². The van der Waals surface area contributed by atoms with E-state index in [4.69, 9.17) is 9.47 Å². The Kier molecular flexibility index (Phi) is 5.52. The molecule has 2 aromatic carbocycles. The van der Waals surface area contributed by atoms with Gasteiger partial charge in [0, 0.05) is 43.4 Å². The summed E-state index contributed by atoms with van der Waals surface area (Å²) in [7, 11) is -3.73. The number of rotatable bonds is 3. The van der Waals surface area contributed by atoms with E-state index in [-0.39, 0.29) is 42.8 Å². The molecule has 2 aliphatic rings. The number of sulfonamides is 1. The predicted octanol–water partition coefficient (Wildman–Crippen LogP) is 3.35. The predicted molar refractivity (Wildman–Crippen MR) is 118 cm³/mol. The summed E-state index contributed by atoms with van der Waals surface area (Å²) in [4.78, 5) is 15.2. The molecule has 1 fully saturated rings. The average Bonchev–Trinajstić information content (AvgIpc) is 3.07. The first kappa shape index (κ1) is 21.2. The molecule has 0 N–H and O–H groups in total. The molecule has 0 spiro atoms. The zero-order valence-electron chi connectivity index (χ0n) is 17.1. The molecular weight excluding hydrogens is 455 g/mol. The van der Waals surface area contributed by atoms with Gasteiger partial charge in [0.1, 0.15) is 5.82 Å². The number of hydrogen-bond donors (Lipinski definition) is 0. The number of nitrogens with zero attached hydrogens (tertiary/aromatic N) is 2. The summed E-state index contributed by atoms with van der Waals surface area (Å²) >= 11 is 1.31. The molecule has 7 nitrogen and oxygen atoms in total. The first-order chi connectivity index (χ1) is 15.4. The standard InChI is InChI=1S/C22H21FN2O5S2/c23-16-2-5-20-15(12-16)13-21(31-20)22(26)24-6-8-25(9-7-24)32(27,28)17-3-4-18-19(14-17)30-11-1-10-29-18/h2-5,12-14H,1,6-11H2. The summed E-state index contributed by atoms with van der Waals surface area (Å²) in [5, 5.41) is 0.689. The number of piperazine rings is 1. The van der Waals surface area contributed by atoms with Crippen molar-refractivity contribution in [2.75, 3.05) is 39.4 Å². The molecule has 0 saturated carbocycles. The summed E-state index contributed by atoms with van der Waals surface area (Å²) in [6, 6.07) is 10.8. The summed E-state index contributed by atoms with van der Waals surface area (Å²) < 4.78 is 53.2. The number of fused-ring (bicyclic) bond motifs is 2. The van der Waals surface area contributed by atoms with Gasteiger partial charge >= 0.3 is 0 Å². The number of benzene rings is 2. The second-order valence-corrected chi connectivity index (χ2v) is 10.7. The van der Waals surface area contributed by atoms with E-state index in [1.807, 2.05) is 0 Å². The zero-order valence-corrected chi connectivity index (χ0v) is 18.8. The highest BCUT2D eigenvalue weighted by Crippen LogP contribution is 2.33. The van der Waals surface area contributed by atoms with Crippen molar-refractivity contribution in [2.45, 2.75) is 11.3 Å². The lowest BCUT2D eigenvalue weighted by Gasteiger charge is -2.33. The fourth-order valence-corrected chi connectivity index (χ4v) is 6.31. The maximum absolute atomic E-state index is 13.4. The van der Waals surface area contributed by atoms with E-state index in [9.17, 15) is 17.6 Å². The van der Waals surface area contributed by atoms with Crippen LogP contribution in [-0.4, -0.2) is 62.9 Å². The normalized spacial score (nSPS) is 17.3. The lowest BCUT2D eigenvalue weighted by atomic mass is 10.2. The van der Waals surface area contributed by atoms with E-state index in [0.717, 1.165) is 11.1 Å². The van der Waals surface area contributed by atoms with Crippen molar-refractivity contribution in [3.63, 3.8) is 0 Å². The first-order valence-electron chi connectivity index (χ1n) is 10.3. The maximum Gasteiger partial charge on any atom is 0.264 e. The van der Waals surface area contributed by atoms with Crippen molar-refractivity contribution >= 4 is 37.4 Å². The topological polar surface area (TPSA) is 76.2 Å². The number of carbonyl (C=O) groups excluding carboxylic acids is 1. The van der Waals surface area contributed by atoms with Crippen molar-refractivity contribution in [3.8, 4) is 11.5 Å². The Morgan fingerprint density at radius 2 is 1.69 bits per heavy atom. The molecule has 1 saturated heterocycles. The SMILES string of the molecule is O=C(c1cc2cc(F)ccc2s1)N1CCN(S(=O)(=O)c2ccc3c(c2)OCCCO3)CC1. The zero-order chi connectivity index (χ0) is 22.3. The van der Waals surface area contributed by atoms with Crippen molar-refractivity contribution < 1.29 is 27.1 Å². The molecule has 5 rings (SSSR count). The van der Waals surface area contributed by atoms with Gasteiger partial charge in [-0.1, -0.05) is 0 Å². The second-order valence-electron chi connectivity index (χ2n) is 7.65. The maximum atomic E-state index is 13.4. The molecule has 0 atom stereocenters. The average molecular weight is 477 g/mol. The van der Waals surface area contributed by atoms with Crippen LogP contribution in [0.2, 0.25) is 0 Å². The van der Waals surface area contributed by atoms with Crippen LogP contribution in [0.1, 0.15) is 16.1 Å². The smallest absolute Gasteiger partial charge is 0.264 e. The van der Waals surface area contributed by atoms with Crippen molar-refractivity contribution in [1.29, 1.82) is 0 Å². The Morgan fingerprint density at radius 1 is 0.938 bits per heavy atom. The minimum absolute atomic E-state index is 0.146. The highest BCUT2D eigenvalue weighted by Gasteiger charge is 2.31. The van der Waals surface area contributed by atoms with Crippen LogP contribution >= 0.6 is 11.3 Å². The van der Waals surface area contributed by atoms with Crippen LogP contribution in [0.5, 0.6) is 11.5 Å². The van der Waals surface area contributed by atoms with Gasteiger partial charge in [-0.2, -0.15) is 4.31 Å². The van der Waals surface area contributed by atoms with Crippen LogP contribution in [0, 0.1) is 5.82 Å². The summed E-state index contributed by atoms with van der Waals surface area (Å²) in [5.74, 6) is 0.459. The summed E-state index contributed by atoms with van der Waals surface area (Å²) in [6.07, 6.45) is 0.738. The molecule has 32 heavy (non-hydrogen) atoms. The van der Waals surface area contributed by atoms with E-state index in [1.54, 1.807) is 23.1 Å². The molecule has 1 amide bonds. The fraction of sp³-hybridized carbons (Fsp3) is 0.318. The van der Waals surface area contributed by atoms with E-state index in [2.05, 4.69) is 0 Å². The first-order valence-corrected chi connectivity index (χ1v) is 12.6. The van der Waals surface area contributed by atoms with Gasteiger partial charge in [-0.05, 0) is 41.8 Å². The van der Waals surface area contributed by atoms with E-state index in [0.29, 0.717) is 35.0 Å². The highest BCUT2D eigenvalue weighted by molar-refractivity contribution is 7.89. The van der Waals surface area contributed by atoms with Crippen LogP contribution in [0.4, 0.5) is 4.39 Å². The Hall–Kier alpha value is -2.69. The number of amides is 1. The van der Waals surface area contributed by atoms with Crippen LogP contribution < -0.4 is 9.47 Å². The highest BCUT2D eigenvalue weighted by atomic mass is 32.2. The second kappa shape index (κ2) is 8.34. The van der Waals surface area contributed by atoms with Crippen molar-refractivity contribution in [3.05, 3.63) is 53.2 Å². The molecular formula is C22H21FN2O5S2. The minimum Gasteiger partial charge on any atom is -0.490 e. The number of carbonyl (C=O) groups is 1. The number of hydrogen-bond acceptors (Lipinski definition) is 6. The number of ether oxygens (including phenoxy) is 2. The molecule has 0 unspecified atom stereocenters. The lowest BCUT2D eigenvalue weighted by molar-refractivity contribution is 0.0703. The summed E-state index contributed by atoms with van der Waals surface area (Å²) in [6.45, 7) is 1.96. The van der Waals surface area contributed by atoms with E-state index in [1.165, 1.54) is 39.9 Å². The van der Waals surface area contributed by atoms with Gasteiger partial charge in [0.15, 0.2) is 11.5 Å². The van der Waals surface area contributed by atoms with Crippen molar-refractivity contribution in [1.82, 2.24) is 9.21 Å². The van der Waals surface area contributed by atoms with Gasteiger partial charge in [-0.3, -0.25) is 4.79 Å². The third-order valence-corrected chi connectivity index (χ3v) is 8.57. The molecule has 3 heterocycles. The van der Waals surface area contributed by atoms with Gasteiger partial charge in [-0.15, -0.1) is 11.3 Å². The van der Waals surface area contributed by atoms with E-state index < -0.39 is 10.0 Å². The third kappa shape index (κ3) is 3.94. The quantitative estimate of drug-likeness (QED) is 0.580. The lowest BCUT2D eigenvalue weighted by Crippen LogP contribution is -2.50. The molecule has 0 aliphatic carbocycles.